The normalized spacial score (nSPS) is 24.8. The Balaban J connectivity index is 1.78. The Kier molecular flexibility index (Phi) is 4.27. The molecule has 27 heavy (non-hydrogen) atoms. The van der Waals surface area contributed by atoms with Crippen molar-refractivity contribution in [3.05, 3.63) is 47.5 Å². The largest absolute Gasteiger partial charge is 0.508 e. The van der Waals surface area contributed by atoms with Crippen LogP contribution in [0, 0.1) is 0 Å². The van der Waals surface area contributed by atoms with Crippen LogP contribution in [-0.4, -0.2) is 35.6 Å². The zero-order chi connectivity index (χ0) is 19.2. The van der Waals surface area contributed by atoms with Gasteiger partial charge in [0.05, 0.1) is 6.04 Å². The number of alkyl halides is 3. The summed E-state index contributed by atoms with van der Waals surface area (Å²) in [4.78, 5) is 0. The Morgan fingerprint density at radius 3 is 2.37 bits per heavy atom. The Morgan fingerprint density at radius 1 is 0.926 bits per heavy atom. The summed E-state index contributed by atoms with van der Waals surface area (Å²) in [5.74, 6) is -0.668. The minimum absolute atomic E-state index is 0.176. The standard InChI is InChI=1S/C18H17F3N2O4/c19-18(20,21)17-15(9-1-4-13-14(7-9)27-6-5-26-13)16(22-23-17)11-3-2-10(24)8-12(11)25/h1-4,7-8,15-17,22-25H,5-6H2. The fourth-order valence-corrected chi connectivity index (χ4v) is 3.56. The predicted octanol–water partition coefficient (Wildman–Crippen LogP) is 2.73. The maximum atomic E-state index is 13.6. The summed E-state index contributed by atoms with van der Waals surface area (Å²) in [6.45, 7) is 0.705. The van der Waals surface area contributed by atoms with Crippen LogP contribution < -0.4 is 20.3 Å². The Morgan fingerprint density at radius 2 is 1.67 bits per heavy atom. The van der Waals surface area contributed by atoms with Crippen LogP contribution in [0.15, 0.2) is 36.4 Å². The summed E-state index contributed by atoms with van der Waals surface area (Å²) in [6, 6.07) is 5.75. The quantitative estimate of drug-likeness (QED) is 0.640. The van der Waals surface area contributed by atoms with Gasteiger partial charge < -0.3 is 19.7 Å². The number of rotatable bonds is 2. The maximum Gasteiger partial charge on any atom is 0.405 e. The van der Waals surface area contributed by atoms with E-state index in [4.69, 9.17) is 9.47 Å². The monoisotopic (exact) mass is 382 g/mol. The van der Waals surface area contributed by atoms with Crippen LogP contribution in [0.5, 0.6) is 23.0 Å². The van der Waals surface area contributed by atoms with Crippen LogP contribution in [0.25, 0.3) is 0 Å². The molecule has 2 aliphatic heterocycles. The highest BCUT2D eigenvalue weighted by Crippen LogP contribution is 2.47. The predicted molar refractivity (Wildman–Crippen MR) is 88.8 cm³/mol. The molecule has 0 spiro atoms. The highest BCUT2D eigenvalue weighted by atomic mass is 19.4. The molecule has 1 saturated heterocycles. The third kappa shape index (κ3) is 3.24. The molecule has 144 valence electrons. The first-order chi connectivity index (χ1) is 12.8. The average Bonchev–Trinajstić information content (AvgIpc) is 3.06. The van der Waals surface area contributed by atoms with Gasteiger partial charge >= 0.3 is 6.18 Å². The lowest BCUT2D eigenvalue weighted by molar-refractivity contribution is -0.156. The van der Waals surface area contributed by atoms with Gasteiger partial charge in [0.2, 0.25) is 0 Å². The third-order valence-corrected chi connectivity index (χ3v) is 4.77. The Hall–Kier alpha value is -2.65. The second kappa shape index (κ2) is 6.50. The van der Waals surface area contributed by atoms with E-state index >= 15 is 0 Å². The Labute approximate surface area is 152 Å². The molecule has 0 bridgehead atoms. The van der Waals surface area contributed by atoms with Crippen LogP contribution >= 0.6 is 0 Å². The molecule has 4 N–H and O–H groups in total. The second-order valence-electron chi connectivity index (χ2n) is 6.46. The fourth-order valence-electron chi connectivity index (χ4n) is 3.56. The van der Waals surface area contributed by atoms with Gasteiger partial charge in [0.15, 0.2) is 11.5 Å². The van der Waals surface area contributed by atoms with E-state index in [0.29, 0.717) is 30.3 Å². The molecule has 1 fully saturated rings. The van der Waals surface area contributed by atoms with Crippen molar-refractivity contribution in [3.63, 3.8) is 0 Å². The molecule has 3 atom stereocenters. The number of fused-ring (bicyclic) bond motifs is 1. The molecule has 4 rings (SSSR count). The van der Waals surface area contributed by atoms with Gasteiger partial charge in [-0.25, -0.2) is 10.9 Å². The fraction of sp³-hybridized carbons (Fsp3) is 0.333. The van der Waals surface area contributed by atoms with Gasteiger partial charge in [-0.2, -0.15) is 13.2 Å². The van der Waals surface area contributed by atoms with E-state index < -0.39 is 24.2 Å². The lowest BCUT2D eigenvalue weighted by atomic mass is 9.83. The van der Waals surface area contributed by atoms with Gasteiger partial charge in [-0.3, -0.25) is 0 Å². The van der Waals surface area contributed by atoms with Gasteiger partial charge in [-0.05, 0) is 23.8 Å². The second-order valence-corrected chi connectivity index (χ2v) is 6.46. The van der Waals surface area contributed by atoms with Crippen molar-refractivity contribution in [2.75, 3.05) is 13.2 Å². The summed E-state index contributed by atoms with van der Waals surface area (Å²) in [5, 5.41) is 19.6. The smallest absolute Gasteiger partial charge is 0.405 e. The minimum atomic E-state index is -4.52. The number of hydrogen-bond donors (Lipinski definition) is 4. The van der Waals surface area contributed by atoms with E-state index in [1.165, 1.54) is 18.2 Å². The number of halogens is 3. The maximum absolute atomic E-state index is 13.6. The zero-order valence-electron chi connectivity index (χ0n) is 14.0. The summed E-state index contributed by atoms with van der Waals surface area (Å²) in [6.07, 6.45) is -4.52. The lowest BCUT2D eigenvalue weighted by Gasteiger charge is -2.27. The first kappa shape index (κ1) is 17.7. The number of aromatic hydroxyl groups is 2. The molecule has 0 radical (unpaired) electrons. The van der Waals surface area contributed by atoms with Crippen LogP contribution in [0.1, 0.15) is 23.1 Å². The summed E-state index contributed by atoms with van der Waals surface area (Å²) >= 11 is 0. The minimum Gasteiger partial charge on any atom is -0.508 e. The number of hydrogen-bond acceptors (Lipinski definition) is 6. The van der Waals surface area contributed by atoms with E-state index in [1.807, 2.05) is 0 Å². The number of nitrogens with one attached hydrogen (secondary N) is 2. The van der Waals surface area contributed by atoms with Crippen LogP contribution in [0.4, 0.5) is 13.2 Å². The molecule has 0 amide bonds. The molecule has 0 aliphatic carbocycles. The summed E-state index contributed by atoms with van der Waals surface area (Å²) in [5.41, 5.74) is 5.56. The zero-order valence-corrected chi connectivity index (χ0v) is 14.0. The average molecular weight is 382 g/mol. The van der Waals surface area contributed by atoms with E-state index in [2.05, 4.69) is 10.9 Å². The highest BCUT2D eigenvalue weighted by Gasteiger charge is 2.52. The van der Waals surface area contributed by atoms with Crippen molar-refractivity contribution in [2.45, 2.75) is 24.2 Å². The van der Waals surface area contributed by atoms with Gasteiger partial charge in [0.1, 0.15) is 30.8 Å². The van der Waals surface area contributed by atoms with Crippen molar-refractivity contribution in [1.29, 1.82) is 0 Å². The van der Waals surface area contributed by atoms with Crippen molar-refractivity contribution < 1.29 is 32.9 Å². The molecule has 0 aromatic heterocycles. The lowest BCUT2D eigenvalue weighted by Crippen LogP contribution is -2.43. The van der Waals surface area contributed by atoms with Gasteiger partial charge in [-0.15, -0.1) is 0 Å². The Bertz CT molecular complexity index is 859. The van der Waals surface area contributed by atoms with Crippen molar-refractivity contribution in [1.82, 2.24) is 10.9 Å². The van der Waals surface area contributed by atoms with Crippen molar-refractivity contribution >= 4 is 0 Å². The SMILES string of the molecule is Oc1ccc(C2NNC(C(F)(F)F)C2c2ccc3c(c2)OCCO3)c(O)c1. The number of hydrazine groups is 1. The van der Waals surface area contributed by atoms with Crippen LogP contribution in [0.3, 0.4) is 0 Å². The molecular weight excluding hydrogens is 365 g/mol. The molecule has 3 unspecified atom stereocenters. The molecule has 9 heteroatoms. The number of phenols is 2. The molecular formula is C18H17F3N2O4. The van der Waals surface area contributed by atoms with Crippen molar-refractivity contribution in [3.8, 4) is 23.0 Å². The van der Waals surface area contributed by atoms with E-state index in [1.54, 1.807) is 12.1 Å². The van der Waals surface area contributed by atoms with E-state index in [9.17, 15) is 23.4 Å². The van der Waals surface area contributed by atoms with Gasteiger partial charge in [0, 0.05) is 17.5 Å². The van der Waals surface area contributed by atoms with Gasteiger partial charge in [0.25, 0.3) is 0 Å². The number of phenolic OH excluding ortho intramolecular Hbond substituents is 2. The van der Waals surface area contributed by atoms with Crippen LogP contribution in [-0.2, 0) is 0 Å². The first-order valence-electron chi connectivity index (χ1n) is 8.34. The third-order valence-electron chi connectivity index (χ3n) is 4.77. The first-order valence-corrected chi connectivity index (χ1v) is 8.34. The molecule has 2 heterocycles. The topological polar surface area (TPSA) is 83.0 Å². The highest BCUT2D eigenvalue weighted by molar-refractivity contribution is 5.48. The number of ether oxygens (including phenoxy) is 2. The molecule has 0 saturated carbocycles. The number of benzene rings is 2. The molecule has 2 aromatic rings. The van der Waals surface area contributed by atoms with Gasteiger partial charge in [-0.1, -0.05) is 12.1 Å². The molecule has 6 nitrogen and oxygen atoms in total. The van der Waals surface area contributed by atoms with E-state index in [0.717, 1.165) is 6.07 Å². The molecule has 2 aliphatic rings. The molecule has 2 aromatic carbocycles. The van der Waals surface area contributed by atoms with Crippen LogP contribution in [0.2, 0.25) is 0 Å². The van der Waals surface area contributed by atoms with E-state index in [-0.39, 0.29) is 17.1 Å². The summed E-state index contributed by atoms with van der Waals surface area (Å²) < 4.78 is 51.8. The van der Waals surface area contributed by atoms with Crippen molar-refractivity contribution in [2.24, 2.45) is 0 Å². The summed E-state index contributed by atoms with van der Waals surface area (Å²) in [7, 11) is 0.